The van der Waals surface area contributed by atoms with Crippen LogP contribution in [0.4, 0.5) is 5.69 Å². The summed E-state index contributed by atoms with van der Waals surface area (Å²) in [5.41, 5.74) is 7.01. The smallest absolute Gasteiger partial charge is 0.240 e. The average molecular weight is 311 g/mol. The first-order valence-electron chi connectivity index (χ1n) is 6.96. The lowest BCUT2D eigenvalue weighted by atomic mass is 10.0. The summed E-state index contributed by atoms with van der Waals surface area (Å²) < 4.78 is 26.1. The van der Waals surface area contributed by atoms with Gasteiger partial charge in [0.25, 0.3) is 0 Å². The van der Waals surface area contributed by atoms with Gasteiger partial charge >= 0.3 is 0 Å². The van der Waals surface area contributed by atoms with Crippen LogP contribution in [-0.2, 0) is 14.8 Å². The Hall–Kier alpha value is -1.44. The van der Waals surface area contributed by atoms with E-state index in [9.17, 15) is 13.2 Å². The Labute approximate surface area is 125 Å². The molecule has 7 heteroatoms. The van der Waals surface area contributed by atoms with Gasteiger partial charge in [-0.1, -0.05) is 12.5 Å². The number of aryl methyl sites for hydroxylation is 1. The first-order chi connectivity index (χ1) is 9.85. The molecule has 1 amide bonds. The van der Waals surface area contributed by atoms with E-state index < -0.39 is 10.0 Å². The standard InChI is InChI=1S/C14H21N3O3S/c1-9-6-7-10(8-13(9)21(19,20)16-2)17-14(18)11-4-3-5-12(11)15/h6-8,11-12,16H,3-5,15H2,1-2H3,(H,17,18). The third-order valence-electron chi connectivity index (χ3n) is 3.92. The molecule has 2 unspecified atom stereocenters. The van der Waals surface area contributed by atoms with Gasteiger partial charge < -0.3 is 11.1 Å². The lowest BCUT2D eigenvalue weighted by Crippen LogP contribution is -2.34. The van der Waals surface area contributed by atoms with Crippen LogP contribution < -0.4 is 15.8 Å². The van der Waals surface area contributed by atoms with Crippen molar-refractivity contribution in [2.24, 2.45) is 11.7 Å². The average Bonchev–Trinajstić information content (AvgIpc) is 2.87. The fourth-order valence-corrected chi connectivity index (χ4v) is 3.62. The van der Waals surface area contributed by atoms with Crippen molar-refractivity contribution in [1.29, 1.82) is 0 Å². The molecule has 116 valence electrons. The SMILES string of the molecule is CNS(=O)(=O)c1cc(NC(=O)C2CCCC2N)ccc1C. The van der Waals surface area contributed by atoms with Crippen LogP contribution in [0, 0.1) is 12.8 Å². The fraction of sp³-hybridized carbons (Fsp3) is 0.500. The summed E-state index contributed by atoms with van der Waals surface area (Å²) in [7, 11) is -2.18. The number of carbonyl (C=O) groups is 1. The van der Waals surface area contributed by atoms with Crippen LogP contribution >= 0.6 is 0 Å². The molecule has 1 aliphatic rings. The molecule has 1 saturated carbocycles. The van der Waals surface area contributed by atoms with Crippen LogP contribution in [0.15, 0.2) is 23.1 Å². The topological polar surface area (TPSA) is 101 Å². The van der Waals surface area contributed by atoms with E-state index in [-0.39, 0.29) is 22.8 Å². The van der Waals surface area contributed by atoms with E-state index in [1.54, 1.807) is 19.1 Å². The third-order valence-corrected chi connectivity index (χ3v) is 5.48. The van der Waals surface area contributed by atoms with Crippen molar-refractivity contribution in [2.45, 2.75) is 37.1 Å². The summed E-state index contributed by atoms with van der Waals surface area (Å²) in [4.78, 5) is 12.3. The van der Waals surface area contributed by atoms with E-state index in [1.807, 2.05) is 0 Å². The lowest BCUT2D eigenvalue weighted by molar-refractivity contribution is -0.120. The normalized spacial score (nSPS) is 22.2. The Balaban J connectivity index is 2.22. The maximum Gasteiger partial charge on any atom is 0.240 e. The van der Waals surface area contributed by atoms with Crippen molar-refractivity contribution in [3.8, 4) is 0 Å². The highest BCUT2D eigenvalue weighted by atomic mass is 32.2. The maximum absolute atomic E-state index is 12.2. The molecular formula is C14H21N3O3S. The Morgan fingerprint density at radius 1 is 1.33 bits per heavy atom. The van der Waals surface area contributed by atoms with Gasteiger partial charge in [0.2, 0.25) is 15.9 Å². The molecule has 0 radical (unpaired) electrons. The number of hydrogen-bond acceptors (Lipinski definition) is 4. The van der Waals surface area contributed by atoms with Crippen molar-refractivity contribution in [3.05, 3.63) is 23.8 Å². The Morgan fingerprint density at radius 2 is 2.05 bits per heavy atom. The zero-order valence-corrected chi connectivity index (χ0v) is 13.0. The van der Waals surface area contributed by atoms with Crippen LogP contribution in [0.5, 0.6) is 0 Å². The number of nitrogens with two attached hydrogens (primary N) is 1. The van der Waals surface area contributed by atoms with Gasteiger partial charge in [-0.3, -0.25) is 4.79 Å². The summed E-state index contributed by atoms with van der Waals surface area (Å²) in [5, 5.41) is 2.77. The van der Waals surface area contributed by atoms with Crippen molar-refractivity contribution in [1.82, 2.24) is 4.72 Å². The van der Waals surface area contributed by atoms with Crippen LogP contribution in [0.25, 0.3) is 0 Å². The summed E-state index contributed by atoms with van der Waals surface area (Å²) in [5.74, 6) is -0.340. The number of carbonyl (C=O) groups excluding carboxylic acids is 1. The predicted octanol–water partition coefficient (Wildman–Crippen LogP) is 0.969. The van der Waals surface area contributed by atoms with Gasteiger partial charge in [0.05, 0.1) is 10.8 Å². The highest BCUT2D eigenvalue weighted by Gasteiger charge is 2.30. The van der Waals surface area contributed by atoms with Gasteiger partial charge in [0.15, 0.2) is 0 Å². The number of sulfonamides is 1. The van der Waals surface area contributed by atoms with Gasteiger partial charge in [-0.2, -0.15) is 0 Å². The van der Waals surface area contributed by atoms with E-state index in [0.717, 1.165) is 19.3 Å². The number of amides is 1. The van der Waals surface area contributed by atoms with Gasteiger partial charge in [-0.05, 0) is 44.5 Å². The molecule has 1 aromatic rings. The van der Waals surface area contributed by atoms with Gasteiger partial charge in [-0.15, -0.1) is 0 Å². The molecule has 1 aromatic carbocycles. The van der Waals surface area contributed by atoms with E-state index in [1.165, 1.54) is 13.1 Å². The molecule has 2 rings (SSSR count). The second-order valence-corrected chi connectivity index (χ2v) is 7.23. The second-order valence-electron chi connectivity index (χ2n) is 5.38. The molecule has 0 spiro atoms. The lowest BCUT2D eigenvalue weighted by Gasteiger charge is -2.16. The van der Waals surface area contributed by atoms with Crippen molar-refractivity contribution in [3.63, 3.8) is 0 Å². The Bertz CT molecular complexity index is 643. The highest BCUT2D eigenvalue weighted by Crippen LogP contribution is 2.26. The zero-order valence-electron chi connectivity index (χ0n) is 12.2. The first-order valence-corrected chi connectivity index (χ1v) is 8.44. The molecule has 0 bridgehead atoms. The highest BCUT2D eigenvalue weighted by molar-refractivity contribution is 7.89. The predicted molar refractivity (Wildman–Crippen MR) is 81.4 cm³/mol. The minimum absolute atomic E-state index is 0.115. The van der Waals surface area contributed by atoms with Crippen LogP contribution in [0.1, 0.15) is 24.8 Å². The molecule has 1 fully saturated rings. The van der Waals surface area contributed by atoms with Gasteiger partial charge in [0.1, 0.15) is 0 Å². The summed E-state index contributed by atoms with van der Waals surface area (Å²) in [6, 6.07) is 4.73. The third kappa shape index (κ3) is 3.42. The van der Waals surface area contributed by atoms with Gasteiger partial charge in [-0.25, -0.2) is 13.1 Å². The molecule has 2 atom stereocenters. The molecule has 0 saturated heterocycles. The van der Waals surface area contributed by atoms with E-state index in [4.69, 9.17) is 5.73 Å². The Morgan fingerprint density at radius 3 is 2.62 bits per heavy atom. The van der Waals surface area contributed by atoms with Crippen molar-refractivity contribution < 1.29 is 13.2 Å². The van der Waals surface area contributed by atoms with E-state index >= 15 is 0 Å². The number of hydrogen-bond donors (Lipinski definition) is 3. The minimum atomic E-state index is -3.54. The molecule has 21 heavy (non-hydrogen) atoms. The van der Waals surface area contributed by atoms with Crippen molar-refractivity contribution in [2.75, 3.05) is 12.4 Å². The summed E-state index contributed by atoms with van der Waals surface area (Å²) in [6.07, 6.45) is 2.58. The Kier molecular flexibility index (Phi) is 4.65. The van der Waals surface area contributed by atoms with Crippen LogP contribution in [-0.4, -0.2) is 27.4 Å². The molecule has 0 heterocycles. The van der Waals surface area contributed by atoms with Crippen LogP contribution in [0.3, 0.4) is 0 Å². The van der Waals surface area contributed by atoms with Gasteiger partial charge in [0, 0.05) is 11.7 Å². The summed E-state index contributed by atoms with van der Waals surface area (Å²) in [6.45, 7) is 1.71. The fourth-order valence-electron chi connectivity index (χ4n) is 2.63. The van der Waals surface area contributed by atoms with Crippen LogP contribution in [0.2, 0.25) is 0 Å². The molecule has 0 aromatic heterocycles. The maximum atomic E-state index is 12.2. The number of rotatable bonds is 4. The number of nitrogens with one attached hydrogen (secondary N) is 2. The first kappa shape index (κ1) is 15.9. The largest absolute Gasteiger partial charge is 0.327 e. The molecule has 6 nitrogen and oxygen atoms in total. The number of anilines is 1. The minimum Gasteiger partial charge on any atom is -0.327 e. The molecule has 0 aliphatic heterocycles. The summed E-state index contributed by atoms with van der Waals surface area (Å²) >= 11 is 0. The van der Waals surface area contributed by atoms with E-state index in [0.29, 0.717) is 11.3 Å². The number of benzene rings is 1. The molecule has 4 N–H and O–H groups in total. The van der Waals surface area contributed by atoms with E-state index in [2.05, 4.69) is 10.0 Å². The molecule has 1 aliphatic carbocycles. The van der Waals surface area contributed by atoms with Crippen molar-refractivity contribution >= 4 is 21.6 Å². The zero-order chi connectivity index (χ0) is 15.6. The second kappa shape index (κ2) is 6.13. The molecular weight excluding hydrogens is 290 g/mol. The quantitative estimate of drug-likeness (QED) is 0.771. The monoisotopic (exact) mass is 311 g/mol.